The summed E-state index contributed by atoms with van der Waals surface area (Å²) >= 11 is 7.61. The monoisotopic (exact) mass is 583 g/mol. The number of amides is 2. The zero-order valence-corrected chi connectivity index (χ0v) is 23.8. The Kier molecular flexibility index (Phi) is 10.0. The Balaban J connectivity index is 1.47. The fraction of sp³-hybridized carbons (Fsp3) is 0.333. The summed E-state index contributed by atoms with van der Waals surface area (Å²) in [6.07, 6.45) is 7.72. The Hall–Kier alpha value is -4.05. The van der Waals surface area contributed by atoms with E-state index in [9.17, 15) is 9.59 Å². The third kappa shape index (κ3) is 7.53. The van der Waals surface area contributed by atoms with E-state index in [1.54, 1.807) is 34.5 Å². The van der Waals surface area contributed by atoms with E-state index in [2.05, 4.69) is 31.8 Å². The molecule has 3 N–H and O–H groups in total. The van der Waals surface area contributed by atoms with Crippen LogP contribution in [0.5, 0.6) is 5.75 Å². The van der Waals surface area contributed by atoms with Crippen molar-refractivity contribution in [2.75, 3.05) is 62.5 Å². The normalized spacial score (nSPS) is 12.5. The Bertz CT molecular complexity index is 1390. The van der Waals surface area contributed by atoms with Crippen molar-refractivity contribution in [3.63, 3.8) is 0 Å². The summed E-state index contributed by atoms with van der Waals surface area (Å²) in [6.45, 7) is 2.26. The fourth-order valence-electron chi connectivity index (χ4n) is 3.83. The highest BCUT2D eigenvalue weighted by Gasteiger charge is 2.24. The molecule has 0 fully saturated rings. The lowest BCUT2D eigenvalue weighted by atomic mass is 10.2. The Morgan fingerprint density at radius 3 is 2.95 bits per heavy atom. The van der Waals surface area contributed by atoms with Crippen LogP contribution in [0.15, 0.2) is 35.8 Å². The number of terminal acetylenes is 1. The number of hydrogen-bond donors (Lipinski definition) is 3. The molecule has 1 aliphatic rings. The number of nitrogens with one attached hydrogen (secondary N) is 3. The number of anilines is 5. The first-order valence-electron chi connectivity index (χ1n) is 12.6. The minimum Gasteiger partial charge on any atom is -0.491 e. The molecule has 0 radical (unpaired) electrons. The first kappa shape index (κ1) is 28.9. The first-order chi connectivity index (χ1) is 19.4. The molecule has 2 aromatic heterocycles. The van der Waals surface area contributed by atoms with Crippen molar-refractivity contribution in [1.29, 1.82) is 0 Å². The molecule has 0 aliphatic carbocycles. The minimum atomic E-state index is -0.399. The topological polar surface area (TPSA) is 121 Å². The van der Waals surface area contributed by atoms with Crippen molar-refractivity contribution < 1.29 is 19.1 Å². The van der Waals surface area contributed by atoms with Crippen LogP contribution < -0.4 is 25.6 Å². The van der Waals surface area contributed by atoms with Crippen LogP contribution in [0.25, 0.3) is 0 Å². The second-order valence-electron chi connectivity index (χ2n) is 9.00. The van der Waals surface area contributed by atoms with Crippen LogP contribution in [-0.4, -0.2) is 73.8 Å². The van der Waals surface area contributed by atoms with Gasteiger partial charge < -0.3 is 30.3 Å². The highest BCUT2D eigenvalue weighted by atomic mass is 35.5. The summed E-state index contributed by atoms with van der Waals surface area (Å²) in [5.41, 5.74) is 1.82. The summed E-state index contributed by atoms with van der Waals surface area (Å²) in [4.78, 5) is 38.0. The van der Waals surface area contributed by atoms with Gasteiger partial charge in [-0.2, -0.15) is 4.98 Å². The van der Waals surface area contributed by atoms with Crippen LogP contribution in [0.2, 0.25) is 5.02 Å². The van der Waals surface area contributed by atoms with Gasteiger partial charge in [0.05, 0.1) is 37.3 Å². The highest BCUT2D eigenvalue weighted by molar-refractivity contribution is 7.12. The molecule has 40 heavy (non-hydrogen) atoms. The Morgan fingerprint density at radius 1 is 1.30 bits per heavy atom. The van der Waals surface area contributed by atoms with Gasteiger partial charge in [-0.15, -0.1) is 17.8 Å². The number of aromatic nitrogens is 2. The molecule has 0 saturated carbocycles. The van der Waals surface area contributed by atoms with E-state index in [0.717, 1.165) is 13.0 Å². The van der Waals surface area contributed by atoms with E-state index in [4.69, 9.17) is 27.5 Å². The molecular weight excluding hydrogens is 554 g/mol. The number of carbonyl (C=O) groups is 2. The van der Waals surface area contributed by atoms with E-state index in [0.29, 0.717) is 59.7 Å². The number of thiophene rings is 1. The molecule has 0 saturated heterocycles. The third-order valence-corrected chi connectivity index (χ3v) is 6.90. The zero-order valence-electron chi connectivity index (χ0n) is 22.2. The van der Waals surface area contributed by atoms with Gasteiger partial charge in [-0.1, -0.05) is 17.5 Å². The van der Waals surface area contributed by atoms with E-state index in [1.165, 1.54) is 17.5 Å². The number of nitrogens with zero attached hydrogens (tertiary/aromatic N) is 4. The van der Waals surface area contributed by atoms with Crippen LogP contribution in [0.3, 0.4) is 0 Å². The lowest BCUT2D eigenvalue weighted by Gasteiger charge is -2.22. The summed E-state index contributed by atoms with van der Waals surface area (Å²) in [5, 5.41) is 10.9. The number of ether oxygens (including phenoxy) is 2. The zero-order chi connectivity index (χ0) is 28.5. The van der Waals surface area contributed by atoms with Gasteiger partial charge in [0.1, 0.15) is 15.6 Å². The number of rotatable bonds is 10. The number of carbonyl (C=O) groups excluding carboxylic acids is 2. The first-order valence-corrected chi connectivity index (χ1v) is 13.8. The maximum atomic E-state index is 12.8. The molecule has 2 amide bonds. The quantitative estimate of drug-likeness (QED) is 0.230. The van der Waals surface area contributed by atoms with Crippen LogP contribution in [0.1, 0.15) is 22.5 Å². The molecule has 0 atom stereocenters. The van der Waals surface area contributed by atoms with Gasteiger partial charge in [0.15, 0.2) is 5.82 Å². The van der Waals surface area contributed by atoms with Crippen molar-refractivity contribution in [3.05, 3.63) is 45.7 Å². The van der Waals surface area contributed by atoms with Gasteiger partial charge in [-0.05, 0) is 50.5 Å². The maximum absolute atomic E-state index is 12.8. The van der Waals surface area contributed by atoms with Crippen LogP contribution in [0.4, 0.5) is 33.6 Å². The van der Waals surface area contributed by atoms with Crippen molar-refractivity contribution in [2.24, 2.45) is 0 Å². The number of benzene rings is 1. The highest BCUT2D eigenvalue weighted by Crippen LogP contribution is 2.35. The minimum absolute atomic E-state index is 0.124. The van der Waals surface area contributed by atoms with Crippen molar-refractivity contribution in [2.45, 2.75) is 12.8 Å². The number of halogens is 1. The fourth-order valence-corrected chi connectivity index (χ4v) is 4.73. The molecule has 210 valence electrons. The SMILES string of the molecule is C#CCNC(=O)c1sccc1Nc1nc(Nc2ccc3c(c2)OCCCN3C(=O)OCCCN(C)C)ncc1Cl. The van der Waals surface area contributed by atoms with Gasteiger partial charge >= 0.3 is 6.09 Å². The van der Waals surface area contributed by atoms with Gasteiger partial charge in [-0.3, -0.25) is 9.69 Å². The lowest BCUT2D eigenvalue weighted by molar-refractivity contribution is 0.0963. The van der Waals surface area contributed by atoms with Crippen LogP contribution in [0, 0.1) is 12.3 Å². The van der Waals surface area contributed by atoms with Crippen molar-refractivity contribution in [3.8, 4) is 18.1 Å². The third-order valence-electron chi connectivity index (χ3n) is 5.71. The summed E-state index contributed by atoms with van der Waals surface area (Å²) < 4.78 is 11.4. The average Bonchev–Trinajstić information content (AvgIpc) is 3.29. The van der Waals surface area contributed by atoms with E-state index in [-0.39, 0.29) is 23.4 Å². The lowest BCUT2D eigenvalue weighted by Crippen LogP contribution is -2.32. The molecule has 1 aromatic carbocycles. The Morgan fingerprint density at radius 2 is 2.15 bits per heavy atom. The second-order valence-corrected chi connectivity index (χ2v) is 10.3. The van der Waals surface area contributed by atoms with E-state index in [1.807, 2.05) is 19.0 Å². The number of hydrogen-bond acceptors (Lipinski definition) is 10. The van der Waals surface area contributed by atoms with E-state index < -0.39 is 6.09 Å². The standard InChI is InChI=1S/C27H30ClN7O4S/c1-4-10-29-25(36)23-20(9-15-40-23)32-24-19(28)17-30-26(33-24)31-18-7-8-21-22(16-18)38-13-6-12-35(21)27(37)39-14-5-11-34(2)3/h1,7-9,15-17H,5-6,10-14H2,2-3H3,(H,29,36)(H2,30,31,32,33). The molecule has 0 spiro atoms. The molecule has 0 bridgehead atoms. The van der Waals surface area contributed by atoms with Gasteiger partial charge in [-0.25, -0.2) is 9.78 Å². The predicted molar refractivity (Wildman–Crippen MR) is 158 cm³/mol. The Labute approximate surface area is 241 Å². The molecule has 3 aromatic rings. The molecule has 0 unspecified atom stereocenters. The van der Waals surface area contributed by atoms with Gasteiger partial charge in [0, 0.05) is 24.8 Å². The summed E-state index contributed by atoms with van der Waals surface area (Å²) in [6, 6.07) is 7.14. The largest absolute Gasteiger partial charge is 0.491 e. The van der Waals surface area contributed by atoms with Crippen molar-refractivity contribution >= 4 is 63.8 Å². The molecule has 4 rings (SSSR count). The predicted octanol–water partition coefficient (Wildman–Crippen LogP) is 4.72. The summed E-state index contributed by atoms with van der Waals surface area (Å²) in [7, 11) is 3.96. The molecule has 13 heteroatoms. The average molecular weight is 584 g/mol. The van der Waals surface area contributed by atoms with Gasteiger partial charge in [0.25, 0.3) is 5.91 Å². The molecule has 1 aliphatic heterocycles. The molecule has 11 nitrogen and oxygen atoms in total. The summed E-state index contributed by atoms with van der Waals surface area (Å²) in [5.74, 6) is 3.21. The van der Waals surface area contributed by atoms with Crippen molar-refractivity contribution in [1.82, 2.24) is 20.2 Å². The smallest absolute Gasteiger partial charge is 0.414 e. The van der Waals surface area contributed by atoms with E-state index >= 15 is 0 Å². The molecular formula is C27H30ClN7O4S. The van der Waals surface area contributed by atoms with Gasteiger partial charge in [0.2, 0.25) is 5.95 Å². The van der Waals surface area contributed by atoms with Crippen LogP contribution in [-0.2, 0) is 4.74 Å². The molecule has 3 heterocycles. The van der Waals surface area contributed by atoms with Crippen LogP contribution >= 0.6 is 22.9 Å². The second kappa shape index (κ2) is 13.8. The number of fused-ring (bicyclic) bond motifs is 1. The maximum Gasteiger partial charge on any atom is 0.414 e.